The molecule has 0 bridgehead atoms. The summed E-state index contributed by atoms with van der Waals surface area (Å²) in [5.74, 6) is 0.740. The molecule has 88 valence electrons. The lowest BCUT2D eigenvalue weighted by Crippen LogP contribution is -2.31. The number of aromatic amines is 1. The minimum atomic E-state index is 0.740. The first-order valence-corrected chi connectivity index (χ1v) is 6.41. The van der Waals surface area contributed by atoms with Crippen LogP contribution in [0.2, 0.25) is 0 Å². The van der Waals surface area contributed by atoms with Crippen LogP contribution in [-0.2, 0) is 0 Å². The van der Waals surface area contributed by atoms with Gasteiger partial charge in [0.1, 0.15) is 0 Å². The van der Waals surface area contributed by atoms with Crippen molar-refractivity contribution in [2.24, 2.45) is 0 Å². The highest BCUT2D eigenvalue weighted by Crippen LogP contribution is 2.21. The predicted octanol–water partition coefficient (Wildman–Crippen LogP) is 1.47. The Kier molecular flexibility index (Phi) is 3.83. The Bertz CT molecular complexity index is 436. The quantitative estimate of drug-likeness (QED) is 0.773. The van der Waals surface area contributed by atoms with Gasteiger partial charge in [-0.3, -0.25) is 0 Å². The second kappa shape index (κ2) is 5.35. The maximum absolute atomic E-state index is 3.43. The first kappa shape index (κ1) is 11.5. The number of hydrogen-bond acceptors (Lipinski definition) is 1. The molecule has 0 atom stereocenters. The van der Waals surface area contributed by atoms with Crippen LogP contribution >= 0.6 is 0 Å². The summed E-state index contributed by atoms with van der Waals surface area (Å²) in [5.41, 5.74) is 1.52. The zero-order chi connectivity index (χ0) is 11.4. The Morgan fingerprint density at radius 1 is 1.38 bits per heavy atom. The van der Waals surface area contributed by atoms with Gasteiger partial charge < -0.3 is 10.3 Å². The summed E-state index contributed by atoms with van der Waals surface area (Å²) >= 11 is 0. The molecular formula is C14H22N2. The molecule has 16 heavy (non-hydrogen) atoms. The molecular weight excluding hydrogens is 196 g/mol. The molecule has 1 saturated heterocycles. The SMILES string of the molecule is C/C=c1/[nH]cc(C2CCNCC2)/c1=C/CC. The van der Waals surface area contributed by atoms with Crippen LogP contribution in [0.4, 0.5) is 0 Å². The fourth-order valence-corrected chi connectivity index (χ4v) is 2.61. The van der Waals surface area contributed by atoms with Crippen LogP contribution in [0.25, 0.3) is 12.2 Å². The average molecular weight is 218 g/mol. The van der Waals surface area contributed by atoms with Crippen molar-refractivity contribution in [1.29, 1.82) is 0 Å². The first-order chi connectivity index (χ1) is 7.86. The predicted molar refractivity (Wildman–Crippen MR) is 69.8 cm³/mol. The van der Waals surface area contributed by atoms with Crippen LogP contribution in [0.5, 0.6) is 0 Å². The standard InChI is InChI=1S/C14H22N2/c1-3-5-12-13(10-16-14(12)4-2)11-6-8-15-9-7-11/h4-5,10-11,15-16H,3,6-9H2,1-2H3/b12-5-,14-4+. The number of aromatic nitrogens is 1. The third-order valence-corrected chi connectivity index (χ3v) is 3.46. The maximum atomic E-state index is 3.43. The minimum absolute atomic E-state index is 0.740. The van der Waals surface area contributed by atoms with E-state index >= 15 is 0 Å². The van der Waals surface area contributed by atoms with Gasteiger partial charge in [0.05, 0.1) is 0 Å². The van der Waals surface area contributed by atoms with Crippen LogP contribution in [0.15, 0.2) is 6.20 Å². The van der Waals surface area contributed by atoms with E-state index in [9.17, 15) is 0 Å². The number of rotatable bonds is 2. The second-order valence-corrected chi connectivity index (χ2v) is 4.50. The molecule has 0 aliphatic carbocycles. The summed E-state index contributed by atoms with van der Waals surface area (Å²) in [6.45, 7) is 6.63. The fraction of sp³-hybridized carbons (Fsp3) is 0.571. The lowest BCUT2D eigenvalue weighted by Gasteiger charge is -2.21. The lowest BCUT2D eigenvalue weighted by molar-refractivity contribution is 0.459. The third-order valence-electron chi connectivity index (χ3n) is 3.46. The number of nitrogens with one attached hydrogen (secondary N) is 2. The first-order valence-electron chi connectivity index (χ1n) is 6.41. The van der Waals surface area contributed by atoms with Crippen LogP contribution in [0, 0.1) is 0 Å². The van der Waals surface area contributed by atoms with E-state index in [0.717, 1.165) is 25.4 Å². The number of piperidine rings is 1. The molecule has 1 aromatic heterocycles. The third kappa shape index (κ3) is 2.22. The lowest BCUT2D eigenvalue weighted by atomic mass is 9.91. The van der Waals surface area contributed by atoms with Gasteiger partial charge in [0.25, 0.3) is 0 Å². The van der Waals surface area contributed by atoms with Gasteiger partial charge in [-0.1, -0.05) is 19.1 Å². The summed E-state index contributed by atoms with van der Waals surface area (Å²) in [6.07, 6.45) is 10.4. The van der Waals surface area contributed by atoms with E-state index in [-0.39, 0.29) is 0 Å². The van der Waals surface area contributed by atoms with E-state index in [1.165, 1.54) is 29.0 Å². The normalized spacial score (nSPS) is 20.6. The van der Waals surface area contributed by atoms with Gasteiger partial charge in [0.2, 0.25) is 0 Å². The Morgan fingerprint density at radius 2 is 2.12 bits per heavy atom. The Morgan fingerprint density at radius 3 is 2.75 bits per heavy atom. The molecule has 0 aromatic carbocycles. The molecule has 0 saturated carbocycles. The Balaban J connectivity index is 2.40. The van der Waals surface area contributed by atoms with E-state index in [4.69, 9.17) is 0 Å². The monoisotopic (exact) mass is 218 g/mol. The van der Waals surface area contributed by atoms with E-state index < -0.39 is 0 Å². The molecule has 1 aromatic rings. The zero-order valence-corrected chi connectivity index (χ0v) is 10.3. The molecule has 0 amide bonds. The maximum Gasteiger partial charge on any atom is 0.0410 e. The van der Waals surface area contributed by atoms with Gasteiger partial charge in [-0.15, -0.1) is 0 Å². The van der Waals surface area contributed by atoms with E-state index in [0.29, 0.717) is 0 Å². The second-order valence-electron chi connectivity index (χ2n) is 4.50. The van der Waals surface area contributed by atoms with Gasteiger partial charge in [-0.2, -0.15) is 0 Å². The van der Waals surface area contributed by atoms with Crippen molar-refractivity contribution < 1.29 is 0 Å². The average Bonchev–Trinajstić information content (AvgIpc) is 2.74. The highest BCUT2D eigenvalue weighted by Gasteiger charge is 2.16. The molecule has 0 spiro atoms. The van der Waals surface area contributed by atoms with Crippen molar-refractivity contribution in [3.05, 3.63) is 22.3 Å². The van der Waals surface area contributed by atoms with Crippen LogP contribution in [0.3, 0.4) is 0 Å². The molecule has 2 heterocycles. The Labute approximate surface area is 97.5 Å². The molecule has 2 rings (SSSR count). The summed E-state index contributed by atoms with van der Waals surface area (Å²) < 4.78 is 0. The van der Waals surface area contributed by atoms with Crippen LogP contribution in [-0.4, -0.2) is 18.1 Å². The summed E-state index contributed by atoms with van der Waals surface area (Å²) in [5, 5.41) is 6.16. The molecule has 1 aliphatic rings. The highest BCUT2D eigenvalue weighted by atomic mass is 14.9. The highest BCUT2D eigenvalue weighted by molar-refractivity contribution is 5.34. The summed E-state index contributed by atoms with van der Waals surface area (Å²) in [7, 11) is 0. The topological polar surface area (TPSA) is 27.8 Å². The molecule has 0 radical (unpaired) electrons. The fourth-order valence-electron chi connectivity index (χ4n) is 2.61. The molecule has 2 nitrogen and oxygen atoms in total. The zero-order valence-electron chi connectivity index (χ0n) is 10.3. The van der Waals surface area contributed by atoms with E-state index in [1.54, 1.807) is 0 Å². The van der Waals surface area contributed by atoms with E-state index in [2.05, 4.69) is 42.5 Å². The van der Waals surface area contributed by atoms with Crippen LogP contribution < -0.4 is 15.9 Å². The molecule has 1 aliphatic heterocycles. The molecule has 2 heteroatoms. The van der Waals surface area contributed by atoms with Gasteiger partial charge in [0, 0.05) is 11.5 Å². The largest absolute Gasteiger partial charge is 0.361 e. The van der Waals surface area contributed by atoms with Crippen molar-refractivity contribution in [2.75, 3.05) is 13.1 Å². The van der Waals surface area contributed by atoms with Gasteiger partial charge >= 0.3 is 0 Å². The van der Waals surface area contributed by atoms with Gasteiger partial charge in [-0.25, -0.2) is 0 Å². The molecule has 2 N–H and O–H groups in total. The summed E-state index contributed by atoms with van der Waals surface area (Å²) in [4.78, 5) is 3.40. The Hall–Kier alpha value is -1.02. The smallest absolute Gasteiger partial charge is 0.0410 e. The number of H-pyrrole nitrogens is 1. The van der Waals surface area contributed by atoms with Crippen molar-refractivity contribution in [3.63, 3.8) is 0 Å². The van der Waals surface area contributed by atoms with Crippen molar-refractivity contribution >= 4 is 12.2 Å². The van der Waals surface area contributed by atoms with Gasteiger partial charge in [-0.05, 0) is 56.0 Å². The molecule has 0 unspecified atom stereocenters. The van der Waals surface area contributed by atoms with Crippen LogP contribution in [0.1, 0.15) is 44.6 Å². The van der Waals surface area contributed by atoms with Crippen molar-refractivity contribution in [3.8, 4) is 0 Å². The summed E-state index contributed by atoms with van der Waals surface area (Å²) in [6, 6.07) is 0. The van der Waals surface area contributed by atoms with Crippen molar-refractivity contribution in [2.45, 2.75) is 39.0 Å². The molecule has 1 fully saturated rings. The van der Waals surface area contributed by atoms with Crippen molar-refractivity contribution in [1.82, 2.24) is 10.3 Å². The minimum Gasteiger partial charge on any atom is -0.361 e. The van der Waals surface area contributed by atoms with Gasteiger partial charge in [0.15, 0.2) is 0 Å². The van der Waals surface area contributed by atoms with E-state index in [1.807, 2.05) is 0 Å². The number of hydrogen-bond donors (Lipinski definition) is 2.